The molecule has 0 radical (unpaired) electrons. The Hall–Kier alpha value is 0.140. The van der Waals surface area contributed by atoms with Gasteiger partial charge in [-0.25, -0.2) is 0 Å². The first-order chi connectivity index (χ1) is 9.09. The monoisotopic (exact) mass is 341 g/mol. The van der Waals surface area contributed by atoms with Gasteiger partial charge in [0.1, 0.15) is 0 Å². The Balaban J connectivity index is 1.79. The molecule has 1 N–H and O–H groups in total. The highest BCUT2D eigenvalue weighted by Crippen LogP contribution is 2.57. The minimum absolute atomic E-state index is 0.528. The van der Waals surface area contributed by atoms with Gasteiger partial charge in [-0.3, -0.25) is 0 Å². The van der Waals surface area contributed by atoms with Crippen molar-refractivity contribution in [2.24, 2.45) is 17.3 Å². The van der Waals surface area contributed by atoms with Crippen LogP contribution < -0.4 is 5.32 Å². The lowest BCUT2D eigenvalue weighted by Gasteiger charge is -2.39. The number of halogens is 1. The molecule has 3 unspecified atom stereocenters. The van der Waals surface area contributed by atoms with Crippen LogP contribution in [0.5, 0.6) is 0 Å². The van der Waals surface area contributed by atoms with Gasteiger partial charge in [0.05, 0.1) is 0 Å². The SMILES string of the molecule is CC(C)NCC1(Cc2sccc2Br)CC2CCC1C2. The third-order valence-corrected chi connectivity index (χ3v) is 7.09. The van der Waals surface area contributed by atoms with Crippen molar-refractivity contribution in [2.45, 2.75) is 52.0 Å². The Labute approximate surface area is 129 Å². The van der Waals surface area contributed by atoms with Gasteiger partial charge in [0.2, 0.25) is 0 Å². The Bertz CT molecular complexity index is 442. The molecule has 0 amide bonds. The Kier molecular flexibility index (Phi) is 4.08. The van der Waals surface area contributed by atoms with Crippen LogP contribution in [-0.2, 0) is 6.42 Å². The molecular formula is C16H24BrNS. The van der Waals surface area contributed by atoms with E-state index < -0.39 is 0 Å². The van der Waals surface area contributed by atoms with E-state index in [1.54, 1.807) is 4.88 Å². The smallest absolute Gasteiger partial charge is 0.0314 e. The molecule has 3 heteroatoms. The number of hydrogen-bond donors (Lipinski definition) is 1. The van der Waals surface area contributed by atoms with Crippen LogP contribution >= 0.6 is 27.3 Å². The van der Waals surface area contributed by atoms with Crippen LogP contribution in [0, 0.1) is 17.3 Å². The van der Waals surface area contributed by atoms with Gasteiger partial charge in [-0.2, -0.15) is 0 Å². The molecule has 0 aromatic carbocycles. The average molecular weight is 342 g/mol. The molecule has 2 aliphatic rings. The zero-order valence-corrected chi connectivity index (χ0v) is 14.3. The standard InChI is InChI=1S/C16H24BrNS/c1-11(2)18-10-16(8-12-3-4-13(16)7-12)9-15-14(17)5-6-19-15/h5-6,11-13,18H,3-4,7-10H2,1-2H3. The zero-order chi connectivity index (χ0) is 13.5. The summed E-state index contributed by atoms with van der Waals surface area (Å²) in [5.74, 6) is 1.97. The van der Waals surface area contributed by atoms with Crippen molar-refractivity contribution in [1.29, 1.82) is 0 Å². The van der Waals surface area contributed by atoms with Crippen molar-refractivity contribution >= 4 is 27.3 Å². The first-order valence-electron chi connectivity index (χ1n) is 7.54. The van der Waals surface area contributed by atoms with Crippen molar-refractivity contribution in [3.63, 3.8) is 0 Å². The molecule has 2 saturated carbocycles. The second-order valence-corrected chi connectivity index (χ2v) is 8.70. The predicted molar refractivity (Wildman–Crippen MR) is 86.7 cm³/mol. The molecule has 2 fully saturated rings. The van der Waals surface area contributed by atoms with E-state index in [0.717, 1.165) is 11.8 Å². The lowest BCUT2D eigenvalue weighted by Crippen LogP contribution is -2.42. The van der Waals surface area contributed by atoms with Gasteiger partial charge in [0, 0.05) is 21.9 Å². The van der Waals surface area contributed by atoms with Crippen LogP contribution in [0.15, 0.2) is 15.9 Å². The fraction of sp³-hybridized carbons (Fsp3) is 0.750. The molecule has 1 heterocycles. The van der Waals surface area contributed by atoms with Gasteiger partial charge in [0.25, 0.3) is 0 Å². The summed E-state index contributed by atoms with van der Waals surface area (Å²) in [5.41, 5.74) is 0.528. The maximum atomic E-state index is 3.73. The van der Waals surface area contributed by atoms with E-state index in [9.17, 15) is 0 Å². The normalized spacial score (nSPS) is 33.5. The lowest BCUT2D eigenvalue weighted by atomic mass is 9.70. The van der Waals surface area contributed by atoms with Crippen LogP contribution in [0.2, 0.25) is 0 Å². The molecule has 3 atom stereocenters. The topological polar surface area (TPSA) is 12.0 Å². The minimum Gasteiger partial charge on any atom is -0.314 e. The number of rotatable bonds is 5. The lowest BCUT2D eigenvalue weighted by molar-refractivity contribution is 0.153. The second kappa shape index (κ2) is 5.50. The van der Waals surface area contributed by atoms with Crippen LogP contribution in [0.25, 0.3) is 0 Å². The summed E-state index contributed by atoms with van der Waals surface area (Å²) < 4.78 is 1.32. The van der Waals surface area contributed by atoms with Crippen molar-refractivity contribution in [1.82, 2.24) is 5.32 Å². The molecule has 3 rings (SSSR count). The number of hydrogen-bond acceptors (Lipinski definition) is 2. The Morgan fingerprint density at radius 1 is 1.47 bits per heavy atom. The quantitative estimate of drug-likeness (QED) is 0.806. The highest BCUT2D eigenvalue weighted by molar-refractivity contribution is 9.10. The fourth-order valence-electron chi connectivity index (χ4n) is 4.23. The molecule has 106 valence electrons. The highest BCUT2D eigenvalue weighted by atomic mass is 79.9. The summed E-state index contributed by atoms with van der Waals surface area (Å²) in [6.07, 6.45) is 7.16. The maximum Gasteiger partial charge on any atom is 0.0314 e. The van der Waals surface area contributed by atoms with Crippen LogP contribution in [0.1, 0.15) is 44.4 Å². The largest absolute Gasteiger partial charge is 0.314 e. The summed E-state index contributed by atoms with van der Waals surface area (Å²) in [6, 6.07) is 2.80. The van der Waals surface area contributed by atoms with E-state index in [1.165, 1.54) is 43.1 Å². The summed E-state index contributed by atoms with van der Waals surface area (Å²) in [5, 5.41) is 5.95. The van der Waals surface area contributed by atoms with Crippen molar-refractivity contribution in [3.8, 4) is 0 Å². The summed E-state index contributed by atoms with van der Waals surface area (Å²) >= 11 is 5.64. The van der Waals surface area contributed by atoms with E-state index in [-0.39, 0.29) is 0 Å². The van der Waals surface area contributed by atoms with Gasteiger partial charge in [0.15, 0.2) is 0 Å². The zero-order valence-electron chi connectivity index (χ0n) is 11.9. The first kappa shape index (κ1) is 14.1. The van der Waals surface area contributed by atoms with Crippen LogP contribution in [0.3, 0.4) is 0 Å². The van der Waals surface area contributed by atoms with Crippen molar-refractivity contribution < 1.29 is 0 Å². The second-order valence-electron chi connectivity index (χ2n) is 6.85. The van der Waals surface area contributed by atoms with E-state index in [4.69, 9.17) is 0 Å². The molecule has 19 heavy (non-hydrogen) atoms. The molecule has 0 aliphatic heterocycles. The van der Waals surface area contributed by atoms with Crippen LogP contribution in [-0.4, -0.2) is 12.6 Å². The molecule has 2 bridgehead atoms. The van der Waals surface area contributed by atoms with E-state index in [0.29, 0.717) is 11.5 Å². The number of thiophene rings is 1. The Morgan fingerprint density at radius 2 is 2.32 bits per heavy atom. The molecule has 1 aromatic heterocycles. The van der Waals surface area contributed by atoms with E-state index >= 15 is 0 Å². The molecule has 0 spiro atoms. The highest BCUT2D eigenvalue weighted by Gasteiger charge is 2.50. The van der Waals surface area contributed by atoms with Gasteiger partial charge < -0.3 is 5.32 Å². The number of fused-ring (bicyclic) bond motifs is 2. The first-order valence-corrected chi connectivity index (χ1v) is 9.21. The minimum atomic E-state index is 0.528. The fourth-order valence-corrected chi connectivity index (χ4v) is 5.88. The van der Waals surface area contributed by atoms with Gasteiger partial charge in [-0.05, 0) is 70.3 Å². The third-order valence-electron chi connectivity index (χ3n) is 5.17. The number of nitrogens with one attached hydrogen (secondary N) is 1. The average Bonchev–Trinajstić information content (AvgIpc) is 3.05. The van der Waals surface area contributed by atoms with Gasteiger partial charge >= 0.3 is 0 Å². The molecule has 1 aromatic rings. The molecule has 1 nitrogen and oxygen atoms in total. The maximum absolute atomic E-state index is 3.73. The third kappa shape index (κ3) is 2.79. The summed E-state index contributed by atoms with van der Waals surface area (Å²) in [7, 11) is 0. The predicted octanol–water partition coefficient (Wildman–Crippen LogP) is 4.86. The Morgan fingerprint density at radius 3 is 2.84 bits per heavy atom. The summed E-state index contributed by atoms with van der Waals surface area (Å²) in [4.78, 5) is 1.55. The van der Waals surface area contributed by atoms with Crippen molar-refractivity contribution in [2.75, 3.05) is 6.54 Å². The van der Waals surface area contributed by atoms with E-state index in [1.807, 2.05) is 11.3 Å². The molecule has 0 saturated heterocycles. The van der Waals surface area contributed by atoms with Crippen LogP contribution in [0.4, 0.5) is 0 Å². The summed E-state index contributed by atoms with van der Waals surface area (Å²) in [6.45, 7) is 5.74. The molecule has 2 aliphatic carbocycles. The molecular weight excluding hydrogens is 318 g/mol. The van der Waals surface area contributed by atoms with Crippen molar-refractivity contribution in [3.05, 3.63) is 20.8 Å². The van der Waals surface area contributed by atoms with E-state index in [2.05, 4.69) is 46.5 Å². The van der Waals surface area contributed by atoms with Gasteiger partial charge in [-0.1, -0.05) is 20.3 Å². The van der Waals surface area contributed by atoms with Gasteiger partial charge in [-0.15, -0.1) is 11.3 Å².